The van der Waals surface area contributed by atoms with Crippen molar-refractivity contribution >= 4 is 40.2 Å². The molecule has 21 heavy (non-hydrogen) atoms. The number of hydrogen-bond donors (Lipinski definition) is 3. The van der Waals surface area contributed by atoms with Crippen LogP contribution in [-0.2, 0) is 4.79 Å². The zero-order valence-electron chi connectivity index (χ0n) is 11.3. The van der Waals surface area contributed by atoms with Gasteiger partial charge in [0.2, 0.25) is 6.41 Å². The smallest absolute Gasteiger partial charge is 0.221 e. The van der Waals surface area contributed by atoms with Crippen molar-refractivity contribution in [2.75, 3.05) is 12.4 Å². The second-order valence-corrected chi connectivity index (χ2v) is 4.56. The highest BCUT2D eigenvalue weighted by molar-refractivity contribution is 9.10. The SMILES string of the molecule is CNc1c(F)ccc(Br)c1/C=C/c1ccco1.NNC=O. The van der Waals surface area contributed by atoms with E-state index in [2.05, 4.69) is 27.1 Å². The molecule has 1 aromatic carbocycles. The molecule has 0 aliphatic carbocycles. The van der Waals surface area contributed by atoms with Gasteiger partial charge in [-0.1, -0.05) is 15.9 Å². The van der Waals surface area contributed by atoms with E-state index in [9.17, 15) is 4.39 Å². The van der Waals surface area contributed by atoms with E-state index in [1.54, 1.807) is 43.0 Å². The minimum Gasteiger partial charge on any atom is -0.465 e. The maximum atomic E-state index is 13.6. The summed E-state index contributed by atoms with van der Waals surface area (Å²) in [5.74, 6) is 4.85. The van der Waals surface area contributed by atoms with Crippen LogP contribution in [0.2, 0.25) is 0 Å². The predicted molar refractivity (Wildman–Crippen MR) is 84.7 cm³/mol. The van der Waals surface area contributed by atoms with Gasteiger partial charge in [-0.2, -0.15) is 0 Å². The lowest BCUT2D eigenvalue weighted by molar-refractivity contribution is -0.109. The van der Waals surface area contributed by atoms with Crippen molar-refractivity contribution in [2.24, 2.45) is 5.84 Å². The van der Waals surface area contributed by atoms with Crippen LogP contribution in [0.15, 0.2) is 39.4 Å². The van der Waals surface area contributed by atoms with Crippen LogP contribution >= 0.6 is 15.9 Å². The second-order valence-electron chi connectivity index (χ2n) is 3.70. The zero-order valence-corrected chi connectivity index (χ0v) is 12.9. The van der Waals surface area contributed by atoms with Crippen molar-refractivity contribution in [3.63, 3.8) is 0 Å². The monoisotopic (exact) mass is 355 g/mol. The number of anilines is 1. The number of amides is 1. The summed E-state index contributed by atoms with van der Waals surface area (Å²) >= 11 is 3.40. The third kappa shape index (κ3) is 5.05. The van der Waals surface area contributed by atoms with E-state index in [0.717, 1.165) is 15.8 Å². The minimum absolute atomic E-state index is 0.283. The molecule has 0 saturated heterocycles. The molecule has 1 heterocycles. The Labute approximate surface area is 130 Å². The van der Waals surface area contributed by atoms with Crippen molar-refractivity contribution in [3.8, 4) is 0 Å². The van der Waals surface area contributed by atoms with Gasteiger partial charge in [-0.3, -0.25) is 10.2 Å². The summed E-state index contributed by atoms with van der Waals surface area (Å²) in [5, 5.41) is 2.85. The largest absolute Gasteiger partial charge is 0.465 e. The maximum Gasteiger partial charge on any atom is 0.221 e. The number of nitrogens with two attached hydrogens (primary N) is 1. The molecule has 0 bridgehead atoms. The van der Waals surface area contributed by atoms with Crippen molar-refractivity contribution in [2.45, 2.75) is 0 Å². The Hall–Kier alpha value is -2.12. The summed E-state index contributed by atoms with van der Waals surface area (Å²) in [7, 11) is 1.69. The van der Waals surface area contributed by atoms with Gasteiger partial charge in [0.1, 0.15) is 11.6 Å². The molecule has 0 saturated carbocycles. The summed E-state index contributed by atoms with van der Waals surface area (Å²) < 4.78 is 19.6. The Kier molecular flexibility index (Phi) is 7.20. The maximum absolute atomic E-state index is 13.6. The molecule has 0 aliphatic rings. The molecule has 7 heteroatoms. The third-order valence-corrected chi connectivity index (χ3v) is 3.11. The molecule has 112 valence electrons. The van der Waals surface area contributed by atoms with Gasteiger partial charge >= 0.3 is 0 Å². The van der Waals surface area contributed by atoms with Crippen molar-refractivity contribution in [3.05, 3.63) is 52.1 Å². The van der Waals surface area contributed by atoms with E-state index in [-0.39, 0.29) is 5.82 Å². The number of hydrogen-bond acceptors (Lipinski definition) is 4. The van der Waals surface area contributed by atoms with Gasteiger partial charge in [0.15, 0.2) is 0 Å². The Morgan fingerprint density at radius 1 is 1.33 bits per heavy atom. The average molecular weight is 356 g/mol. The molecule has 1 amide bonds. The normalized spacial score (nSPS) is 9.90. The van der Waals surface area contributed by atoms with E-state index >= 15 is 0 Å². The van der Waals surface area contributed by atoms with Crippen LogP contribution in [-0.4, -0.2) is 13.5 Å². The number of benzene rings is 1. The van der Waals surface area contributed by atoms with Gasteiger partial charge < -0.3 is 9.73 Å². The van der Waals surface area contributed by atoms with Gasteiger partial charge in [0.25, 0.3) is 0 Å². The molecule has 1 aromatic heterocycles. The van der Waals surface area contributed by atoms with Crippen LogP contribution < -0.4 is 16.6 Å². The Morgan fingerprint density at radius 2 is 2.05 bits per heavy atom. The molecule has 4 N–H and O–H groups in total. The summed E-state index contributed by atoms with van der Waals surface area (Å²) in [6.45, 7) is 0. The first kappa shape index (κ1) is 16.9. The number of carbonyl (C=O) groups excluding carboxylic acids is 1. The molecule has 2 aromatic rings. The van der Waals surface area contributed by atoms with Crippen LogP contribution in [0.1, 0.15) is 11.3 Å². The van der Waals surface area contributed by atoms with Gasteiger partial charge in [-0.25, -0.2) is 10.2 Å². The number of furan rings is 1. The fraction of sp³-hybridized carbons (Fsp3) is 0.0714. The molecule has 0 radical (unpaired) electrons. The first-order chi connectivity index (χ1) is 10.1. The number of nitrogens with one attached hydrogen (secondary N) is 2. The summed E-state index contributed by atoms with van der Waals surface area (Å²) in [5.41, 5.74) is 2.96. The summed E-state index contributed by atoms with van der Waals surface area (Å²) in [6, 6.07) is 6.74. The van der Waals surface area contributed by atoms with E-state index < -0.39 is 0 Å². The summed E-state index contributed by atoms with van der Waals surface area (Å²) in [6.07, 6.45) is 5.59. The Morgan fingerprint density at radius 3 is 2.57 bits per heavy atom. The molecule has 5 nitrogen and oxygen atoms in total. The molecule has 0 spiro atoms. The van der Waals surface area contributed by atoms with E-state index in [1.165, 1.54) is 6.07 Å². The number of hydrazine groups is 1. The quantitative estimate of drug-likeness (QED) is 0.341. The molecular formula is C14H15BrFN3O2. The topological polar surface area (TPSA) is 80.3 Å². The molecule has 2 rings (SSSR count). The number of halogens is 2. The molecule has 0 atom stereocenters. The van der Waals surface area contributed by atoms with Crippen LogP contribution in [0, 0.1) is 5.82 Å². The lowest BCUT2D eigenvalue weighted by Crippen LogP contribution is -2.18. The Bertz CT molecular complexity index is 601. The van der Waals surface area contributed by atoms with Crippen molar-refractivity contribution < 1.29 is 13.6 Å². The third-order valence-electron chi connectivity index (χ3n) is 2.42. The first-order valence-electron chi connectivity index (χ1n) is 5.91. The molecule has 0 fully saturated rings. The van der Waals surface area contributed by atoms with Gasteiger partial charge in [0, 0.05) is 17.1 Å². The minimum atomic E-state index is -0.283. The van der Waals surface area contributed by atoms with Gasteiger partial charge in [-0.05, 0) is 36.4 Å². The van der Waals surface area contributed by atoms with E-state index in [0.29, 0.717) is 12.1 Å². The predicted octanol–water partition coefficient (Wildman–Crippen LogP) is 3.00. The first-order valence-corrected chi connectivity index (χ1v) is 6.70. The van der Waals surface area contributed by atoms with E-state index in [4.69, 9.17) is 9.21 Å². The van der Waals surface area contributed by atoms with Crippen LogP contribution in [0.5, 0.6) is 0 Å². The van der Waals surface area contributed by atoms with Gasteiger partial charge in [0.05, 0.1) is 12.0 Å². The number of rotatable bonds is 4. The fourth-order valence-electron chi connectivity index (χ4n) is 1.54. The fourth-order valence-corrected chi connectivity index (χ4v) is 2.00. The lowest BCUT2D eigenvalue weighted by atomic mass is 10.1. The highest BCUT2D eigenvalue weighted by atomic mass is 79.9. The Balaban J connectivity index is 0.000000491. The van der Waals surface area contributed by atoms with E-state index in [1.807, 2.05) is 6.07 Å². The summed E-state index contributed by atoms with van der Waals surface area (Å²) in [4.78, 5) is 8.94. The highest BCUT2D eigenvalue weighted by Gasteiger charge is 2.08. The van der Waals surface area contributed by atoms with Gasteiger partial charge in [-0.15, -0.1) is 0 Å². The number of carbonyl (C=O) groups is 1. The molecule has 0 unspecified atom stereocenters. The second kappa shape index (κ2) is 8.93. The standard InChI is InChI=1S/C13H11BrFNO.CH4N2O/c1-16-13-10(11(14)6-7-12(13)15)5-4-9-3-2-8-17-9;2-3-1-4/h2-8,16H,1H3;1H,2H2,(H,3,4)/b5-4+;. The zero-order chi connectivity index (χ0) is 15.7. The van der Waals surface area contributed by atoms with Crippen LogP contribution in [0.3, 0.4) is 0 Å². The van der Waals surface area contributed by atoms with Crippen LogP contribution in [0.4, 0.5) is 10.1 Å². The van der Waals surface area contributed by atoms with Crippen LogP contribution in [0.25, 0.3) is 12.2 Å². The average Bonchev–Trinajstić information content (AvgIpc) is 3.01. The lowest BCUT2D eigenvalue weighted by Gasteiger charge is -2.08. The van der Waals surface area contributed by atoms with Crippen molar-refractivity contribution in [1.29, 1.82) is 0 Å². The highest BCUT2D eigenvalue weighted by Crippen LogP contribution is 2.29. The molecular weight excluding hydrogens is 341 g/mol. The van der Waals surface area contributed by atoms with Crippen molar-refractivity contribution in [1.82, 2.24) is 5.43 Å². The molecule has 0 aliphatic heterocycles.